The van der Waals surface area contributed by atoms with Crippen LogP contribution in [-0.2, 0) is 13.0 Å². The van der Waals surface area contributed by atoms with Crippen LogP contribution in [0.15, 0.2) is 36.5 Å². The predicted molar refractivity (Wildman–Crippen MR) is 71.6 cm³/mol. The highest BCUT2D eigenvalue weighted by atomic mass is 16.5. The van der Waals surface area contributed by atoms with Crippen LogP contribution < -0.4 is 10.1 Å². The van der Waals surface area contributed by atoms with E-state index in [1.807, 2.05) is 24.4 Å². The van der Waals surface area contributed by atoms with E-state index in [1.165, 1.54) is 16.7 Å². The molecule has 0 spiro atoms. The number of pyridine rings is 1. The molecule has 1 aromatic heterocycles. The van der Waals surface area contributed by atoms with E-state index in [1.54, 1.807) is 7.11 Å². The Bertz CT molecular complexity index is 552. The Kier molecular flexibility index (Phi) is 2.99. The Morgan fingerprint density at radius 3 is 2.89 bits per heavy atom. The van der Waals surface area contributed by atoms with Gasteiger partial charge in [0.15, 0.2) is 0 Å². The van der Waals surface area contributed by atoms with Gasteiger partial charge in [0.1, 0.15) is 5.75 Å². The molecule has 0 amide bonds. The molecule has 92 valence electrons. The summed E-state index contributed by atoms with van der Waals surface area (Å²) >= 11 is 0. The number of methoxy groups -OCH3 is 1. The van der Waals surface area contributed by atoms with Gasteiger partial charge < -0.3 is 10.1 Å². The van der Waals surface area contributed by atoms with Crippen LogP contribution in [0, 0.1) is 0 Å². The molecule has 3 rings (SSSR count). The summed E-state index contributed by atoms with van der Waals surface area (Å²) in [6, 6.07) is 10.2. The molecule has 0 aliphatic carbocycles. The molecule has 1 N–H and O–H groups in total. The molecule has 0 atom stereocenters. The fourth-order valence-electron chi connectivity index (χ4n) is 2.53. The second-order valence-corrected chi connectivity index (χ2v) is 4.41. The van der Waals surface area contributed by atoms with E-state index in [2.05, 4.69) is 22.4 Å². The van der Waals surface area contributed by atoms with Crippen LogP contribution in [0.25, 0.3) is 11.3 Å². The van der Waals surface area contributed by atoms with Crippen molar-refractivity contribution in [3.05, 3.63) is 47.7 Å². The highest BCUT2D eigenvalue weighted by Crippen LogP contribution is 2.33. The zero-order valence-corrected chi connectivity index (χ0v) is 10.4. The van der Waals surface area contributed by atoms with E-state index in [4.69, 9.17) is 4.74 Å². The van der Waals surface area contributed by atoms with Crippen molar-refractivity contribution in [3.63, 3.8) is 0 Å². The van der Waals surface area contributed by atoms with Gasteiger partial charge in [0, 0.05) is 23.9 Å². The lowest BCUT2D eigenvalue weighted by Crippen LogP contribution is -2.24. The highest BCUT2D eigenvalue weighted by Gasteiger charge is 2.18. The average Bonchev–Trinajstić information content (AvgIpc) is 2.47. The number of ether oxygens (including phenoxy) is 1. The lowest BCUT2D eigenvalue weighted by Gasteiger charge is -2.22. The Hall–Kier alpha value is -1.87. The fourth-order valence-corrected chi connectivity index (χ4v) is 2.53. The lowest BCUT2D eigenvalue weighted by molar-refractivity contribution is 0.406. The number of hydrogen-bond donors (Lipinski definition) is 1. The SMILES string of the molecule is COc1ccc(-c2ccccn2)c2c1CCNC2. The molecule has 0 radical (unpaired) electrons. The summed E-state index contributed by atoms with van der Waals surface area (Å²) in [6.07, 6.45) is 2.85. The zero-order chi connectivity index (χ0) is 12.4. The molecule has 2 aromatic rings. The second kappa shape index (κ2) is 4.78. The van der Waals surface area contributed by atoms with Crippen LogP contribution in [0.5, 0.6) is 5.75 Å². The van der Waals surface area contributed by atoms with Gasteiger partial charge in [-0.25, -0.2) is 0 Å². The number of benzene rings is 1. The van der Waals surface area contributed by atoms with Crippen LogP contribution >= 0.6 is 0 Å². The Morgan fingerprint density at radius 2 is 2.11 bits per heavy atom. The number of rotatable bonds is 2. The minimum atomic E-state index is 0.887. The highest BCUT2D eigenvalue weighted by molar-refractivity contribution is 5.68. The monoisotopic (exact) mass is 240 g/mol. The predicted octanol–water partition coefficient (Wildman–Crippen LogP) is 2.40. The minimum Gasteiger partial charge on any atom is -0.496 e. The molecular weight excluding hydrogens is 224 g/mol. The van der Waals surface area contributed by atoms with Crippen LogP contribution in [0.1, 0.15) is 11.1 Å². The molecular formula is C15H16N2O. The molecule has 1 aliphatic heterocycles. The summed E-state index contributed by atoms with van der Waals surface area (Å²) in [5.41, 5.74) is 4.87. The van der Waals surface area contributed by atoms with Gasteiger partial charge >= 0.3 is 0 Å². The first-order valence-corrected chi connectivity index (χ1v) is 6.21. The summed E-state index contributed by atoms with van der Waals surface area (Å²) in [5, 5.41) is 3.42. The number of hydrogen-bond acceptors (Lipinski definition) is 3. The second-order valence-electron chi connectivity index (χ2n) is 4.41. The number of nitrogens with one attached hydrogen (secondary N) is 1. The van der Waals surface area contributed by atoms with Gasteiger partial charge in [-0.1, -0.05) is 6.07 Å². The van der Waals surface area contributed by atoms with Crippen LogP contribution in [0.2, 0.25) is 0 Å². The number of aromatic nitrogens is 1. The van der Waals surface area contributed by atoms with Gasteiger partial charge in [-0.15, -0.1) is 0 Å². The Labute approximate surface area is 107 Å². The molecule has 0 fully saturated rings. The van der Waals surface area contributed by atoms with Crippen LogP contribution in [-0.4, -0.2) is 18.6 Å². The smallest absolute Gasteiger partial charge is 0.122 e. The average molecular weight is 240 g/mol. The van der Waals surface area contributed by atoms with Gasteiger partial charge in [-0.3, -0.25) is 4.98 Å². The largest absolute Gasteiger partial charge is 0.496 e. The molecule has 18 heavy (non-hydrogen) atoms. The first-order valence-electron chi connectivity index (χ1n) is 6.21. The molecule has 1 aromatic carbocycles. The third kappa shape index (κ3) is 1.87. The third-order valence-corrected chi connectivity index (χ3v) is 3.40. The molecule has 0 saturated carbocycles. The van der Waals surface area contributed by atoms with E-state index in [9.17, 15) is 0 Å². The van der Waals surface area contributed by atoms with Crippen molar-refractivity contribution in [3.8, 4) is 17.0 Å². The zero-order valence-electron chi connectivity index (χ0n) is 10.4. The fraction of sp³-hybridized carbons (Fsp3) is 0.267. The molecule has 0 saturated heterocycles. The van der Waals surface area contributed by atoms with E-state index < -0.39 is 0 Å². The summed E-state index contributed by atoms with van der Waals surface area (Å²) < 4.78 is 5.46. The lowest BCUT2D eigenvalue weighted by atomic mass is 9.93. The maximum atomic E-state index is 5.46. The standard InChI is InChI=1S/C15H16N2O/c1-18-15-6-5-11(14-4-2-3-8-17-14)13-10-16-9-7-12(13)15/h2-6,8,16H,7,9-10H2,1H3. The maximum absolute atomic E-state index is 5.46. The topological polar surface area (TPSA) is 34.1 Å². The first kappa shape index (κ1) is 11.2. The molecule has 0 unspecified atom stereocenters. The van der Waals surface area contributed by atoms with E-state index in [0.29, 0.717) is 0 Å². The third-order valence-electron chi connectivity index (χ3n) is 3.40. The van der Waals surface area contributed by atoms with Gasteiger partial charge in [-0.2, -0.15) is 0 Å². The van der Waals surface area contributed by atoms with Gasteiger partial charge in [-0.05, 0) is 42.8 Å². The van der Waals surface area contributed by atoms with Crippen molar-refractivity contribution in [1.82, 2.24) is 10.3 Å². The quantitative estimate of drug-likeness (QED) is 0.875. The Morgan fingerprint density at radius 1 is 1.17 bits per heavy atom. The molecule has 2 heterocycles. The van der Waals surface area contributed by atoms with Crippen LogP contribution in [0.4, 0.5) is 0 Å². The molecule has 3 nitrogen and oxygen atoms in total. The molecule has 0 bridgehead atoms. The number of fused-ring (bicyclic) bond motifs is 1. The van der Waals surface area contributed by atoms with E-state index in [0.717, 1.165) is 31.0 Å². The maximum Gasteiger partial charge on any atom is 0.122 e. The van der Waals surface area contributed by atoms with Crippen molar-refractivity contribution in [2.45, 2.75) is 13.0 Å². The first-order chi connectivity index (χ1) is 8.90. The summed E-state index contributed by atoms with van der Waals surface area (Å²) in [4.78, 5) is 4.44. The van der Waals surface area contributed by atoms with Crippen molar-refractivity contribution < 1.29 is 4.74 Å². The van der Waals surface area contributed by atoms with E-state index >= 15 is 0 Å². The van der Waals surface area contributed by atoms with Gasteiger partial charge in [0.05, 0.1) is 12.8 Å². The summed E-state index contributed by atoms with van der Waals surface area (Å²) in [7, 11) is 1.73. The summed E-state index contributed by atoms with van der Waals surface area (Å²) in [5.74, 6) is 0.992. The normalized spacial score (nSPS) is 14.1. The summed E-state index contributed by atoms with van der Waals surface area (Å²) in [6.45, 7) is 1.90. The Balaban J connectivity index is 2.17. The van der Waals surface area contributed by atoms with Crippen LogP contribution in [0.3, 0.4) is 0 Å². The van der Waals surface area contributed by atoms with Gasteiger partial charge in [0.2, 0.25) is 0 Å². The van der Waals surface area contributed by atoms with E-state index in [-0.39, 0.29) is 0 Å². The van der Waals surface area contributed by atoms with Crippen molar-refractivity contribution >= 4 is 0 Å². The van der Waals surface area contributed by atoms with Crippen molar-refractivity contribution in [1.29, 1.82) is 0 Å². The molecule has 1 aliphatic rings. The minimum absolute atomic E-state index is 0.887. The molecule has 3 heteroatoms. The van der Waals surface area contributed by atoms with Gasteiger partial charge in [0.25, 0.3) is 0 Å². The van der Waals surface area contributed by atoms with Crippen molar-refractivity contribution in [2.75, 3.05) is 13.7 Å². The van der Waals surface area contributed by atoms with Crippen molar-refractivity contribution in [2.24, 2.45) is 0 Å². The number of nitrogens with zero attached hydrogens (tertiary/aromatic N) is 1.